The van der Waals surface area contributed by atoms with Gasteiger partial charge in [-0.2, -0.15) is 0 Å². The summed E-state index contributed by atoms with van der Waals surface area (Å²) in [7, 11) is -1.07. The van der Waals surface area contributed by atoms with Crippen LogP contribution in [0.3, 0.4) is 0 Å². The molecule has 9 N–H and O–H groups in total. The van der Waals surface area contributed by atoms with Gasteiger partial charge in [0.1, 0.15) is 26.1 Å². The van der Waals surface area contributed by atoms with Crippen molar-refractivity contribution in [3.05, 3.63) is 10.4 Å². The van der Waals surface area contributed by atoms with Crippen molar-refractivity contribution in [2.45, 2.75) is 171 Å². The minimum Gasteiger partial charge on any atom is -0.468 e. The second-order valence-corrected chi connectivity index (χ2v) is 18.6. The van der Waals surface area contributed by atoms with Crippen molar-refractivity contribution in [3.63, 3.8) is 0 Å². The van der Waals surface area contributed by atoms with Crippen LogP contribution in [-0.2, 0) is 28.5 Å². The van der Waals surface area contributed by atoms with Crippen molar-refractivity contribution in [2.24, 2.45) is 10.8 Å². The summed E-state index contributed by atoms with van der Waals surface area (Å²) in [6.07, 6.45) is 8.79. The quantitative estimate of drug-likeness (QED) is 0.0382. The number of nitrogens with two attached hydrogens (primary N) is 1. The maximum atomic E-state index is 12.8. The van der Waals surface area contributed by atoms with Crippen molar-refractivity contribution in [3.8, 4) is 0 Å². The van der Waals surface area contributed by atoms with Crippen LogP contribution in [0.15, 0.2) is 5.11 Å². The fourth-order valence-corrected chi connectivity index (χ4v) is 9.61. The van der Waals surface area contributed by atoms with Gasteiger partial charge in [-0.15, -0.1) is 0 Å². The summed E-state index contributed by atoms with van der Waals surface area (Å²) < 4.78 is 64.7. The summed E-state index contributed by atoms with van der Waals surface area (Å²) in [5.74, 6) is -0.295. The number of ether oxygens (including phenoxy) is 5. The van der Waals surface area contributed by atoms with Gasteiger partial charge in [0.2, 0.25) is 0 Å². The summed E-state index contributed by atoms with van der Waals surface area (Å²) in [5, 5.41) is 62.2. The smallest absolute Gasteiger partial charge is 0.376 e. The zero-order valence-corrected chi connectivity index (χ0v) is 40.8. The molecule has 28 heteroatoms. The van der Waals surface area contributed by atoms with Crippen LogP contribution in [0, 0.1) is 0 Å². The third kappa shape index (κ3) is 20.4. The summed E-state index contributed by atoms with van der Waals surface area (Å²) in [4.78, 5) is 20.4. The van der Waals surface area contributed by atoms with Gasteiger partial charge in [-0.3, -0.25) is 4.79 Å². The monoisotopic (exact) mass is 980 g/mol. The zero-order valence-electron chi connectivity index (χ0n) is 40.8. The molecule has 68 heavy (non-hydrogen) atoms. The molecule has 0 radical (unpaired) electrons. The van der Waals surface area contributed by atoms with Crippen LogP contribution in [-0.4, -0.2) is 237 Å². The summed E-state index contributed by atoms with van der Waals surface area (Å²) in [6, 6.07) is -1.20. The Labute approximate surface area is 402 Å². The van der Waals surface area contributed by atoms with Gasteiger partial charge in [-0.25, -0.2) is 13.2 Å². The molecule has 7 rings (SSSR count). The molecule has 12 atom stereocenters. The van der Waals surface area contributed by atoms with E-state index in [0.717, 1.165) is 58.2 Å². The minimum atomic E-state index is -0.681. The maximum absolute atomic E-state index is 12.8. The number of aliphatic hydroxyl groups excluding tert-OH is 2. The van der Waals surface area contributed by atoms with Gasteiger partial charge < -0.3 is 84.3 Å². The van der Waals surface area contributed by atoms with Gasteiger partial charge in [0.25, 0.3) is 0 Å². The molecule has 7 heterocycles. The highest BCUT2D eigenvalue weighted by Gasteiger charge is 2.40. The predicted molar refractivity (Wildman–Crippen MR) is 253 cm³/mol. The third-order valence-electron chi connectivity index (χ3n) is 13.2. The van der Waals surface area contributed by atoms with Crippen molar-refractivity contribution in [1.29, 1.82) is 0 Å². The second-order valence-electron chi connectivity index (χ2n) is 18.6. The Bertz CT molecular complexity index is 1400. The number of methoxy groups -OCH3 is 1. The number of azide groups is 1. The fourth-order valence-electron chi connectivity index (χ4n) is 9.61. The number of nitrogens with zero attached hydrogens (tertiary/aromatic N) is 7. The molecule has 7 aliphatic rings. The summed E-state index contributed by atoms with van der Waals surface area (Å²) >= 11 is 0. The van der Waals surface area contributed by atoms with Crippen LogP contribution in [0.2, 0.25) is 27.3 Å². The minimum absolute atomic E-state index is 0.00332. The van der Waals surface area contributed by atoms with Gasteiger partial charge in [0.15, 0.2) is 12.6 Å². The first kappa shape index (κ1) is 60.5. The van der Waals surface area contributed by atoms with Crippen LogP contribution in [0.4, 0.5) is 13.2 Å². The molecule has 7 aliphatic heterocycles. The first-order valence-electron chi connectivity index (χ1n) is 24.4. The van der Waals surface area contributed by atoms with E-state index in [2.05, 4.69) is 20.1 Å². The number of alkyl halides is 3. The molecular weight excluding hydrogens is 899 g/mol. The van der Waals surface area contributed by atoms with Crippen molar-refractivity contribution in [2.75, 3.05) is 79.7 Å². The Morgan fingerprint density at radius 2 is 1.19 bits per heavy atom. The number of carbonyl (C=O) groups excluding carboxylic acids is 1. The normalized spacial score (nSPS) is 33.0. The Morgan fingerprint density at radius 1 is 0.735 bits per heavy atom. The number of rotatable bonds is 14. The number of nitrogens with one attached hydrogen (secondary N) is 1. The number of aliphatic hydroxyl groups is 2. The molecule has 0 bridgehead atoms. The molecule has 0 aromatic heterocycles. The van der Waals surface area contributed by atoms with Crippen LogP contribution in [0.1, 0.15) is 70.6 Å². The molecule has 0 spiro atoms. The van der Waals surface area contributed by atoms with Crippen molar-refractivity contribution < 1.29 is 72.0 Å². The van der Waals surface area contributed by atoms with Crippen LogP contribution in [0.5, 0.6) is 0 Å². The van der Waals surface area contributed by atoms with Crippen LogP contribution >= 0.6 is 0 Å². The Morgan fingerprint density at radius 3 is 1.54 bits per heavy atom. The molecule has 7 saturated heterocycles. The van der Waals surface area contributed by atoms with Crippen molar-refractivity contribution in [1.82, 2.24) is 24.6 Å². The van der Waals surface area contributed by atoms with Crippen molar-refractivity contribution >= 4 is 34.2 Å². The highest BCUT2D eigenvalue weighted by molar-refractivity contribution is 6.46. The van der Waals surface area contributed by atoms with Gasteiger partial charge >= 0.3 is 34.2 Å². The second kappa shape index (κ2) is 32.3. The van der Waals surface area contributed by atoms with E-state index in [0.29, 0.717) is 58.4 Å². The largest absolute Gasteiger partial charge is 0.468 e. The number of hydrogen-bond acceptors (Lipinski definition) is 19. The molecular formula is C40H80B4F3N9O12. The summed E-state index contributed by atoms with van der Waals surface area (Å²) in [5.41, 5.74) is 13.8. The predicted octanol–water partition coefficient (Wildman–Crippen LogP) is 0.297. The zero-order chi connectivity index (χ0) is 50.3. The van der Waals surface area contributed by atoms with E-state index >= 15 is 0 Å². The average Bonchev–Trinajstić information content (AvgIpc) is 4.18. The number of halogens is 3. The van der Waals surface area contributed by atoms with E-state index in [9.17, 15) is 43.2 Å². The van der Waals surface area contributed by atoms with Gasteiger partial charge in [-0.05, 0) is 104 Å². The molecule has 12 unspecified atom stereocenters. The molecule has 0 aromatic rings. The summed E-state index contributed by atoms with van der Waals surface area (Å²) in [6.45, 7) is 9.64. The number of hydrogen-bond donors (Lipinski definition) is 8. The molecule has 7 fully saturated rings. The van der Waals surface area contributed by atoms with E-state index in [1.807, 2.05) is 4.81 Å². The van der Waals surface area contributed by atoms with Gasteiger partial charge in [0.05, 0.1) is 38.1 Å². The van der Waals surface area contributed by atoms with Gasteiger partial charge in [0, 0.05) is 80.9 Å². The average molecular weight is 979 g/mol. The molecule has 0 saturated carbocycles. The lowest BCUT2D eigenvalue weighted by Crippen LogP contribution is -2.43. The molecule has 390 valence electrons. The molecule has 0 amide bonds. The standard InChI is InChI=1S/C11H21BFNO3.C11H22BNO4.C6H12BFN4O.C6H14BFN2O.C6H11NO3/c1-12(15)14-8-10(6-9(14)7-13)17-11-4-2-3-5-16-11;1-12(15)13-7-10(6-9(13)8-14)17-11-4-2-3-5-16-11;1-7(13)12-4-5(10-11-9)2-6(12)3-8;1-7(11)10-4-5(9)2-6(10)3-8;1-10-6(9)5-2-4(8)3-7-5/h9-11,15H,2-8H2,1H3;9-11,14-15H,2-8H2,1H3;5-6,13H,2-4H2,1H3;5-6,11H,2-4,9H2,1H3;4-5,7-8H,2-3H2,1H3. The molecule has 0 aromatic carbocycles. The number of esters is 1. The SMILES string of the molecule is CB(O)N1CC(N)CC1CF.CB(O)N1CC(N=[N+]=[N-])CC1CF.CB(O)N1CC(OC2CCCCO2)CC1CF.CB(O)N1CC(OC2CCCCO2)CC1CO.COC(=O)C1CC(O)CN1. The van der Waals surface area contributed by atoms with E-state index in [1.54, 1.807) is 41.7 Å². The lowest BCUT2D eigenvalue weighted by Gasteiger charge is -2.26. The van der Waals surface area contributed by atoms with E-state index in [-0.39, 0.29) is 79.7 Å². The topological polar surface area (TPSA) is 284 Å². The highest BCUT2D eigenvalue weighted by atomic mass is 19.1. The number of β-amino-alcohol motifs (C(OH)–C–C–N with tert-alkyl or cyclic N) is 1. The lowest BCUT2D eigenvalue weighted by molar-refractivity contribution is -0.185. The number of carbonyl (C=O) groups is 1. The first-order chi connectivity index (χ1) is 32.5. The third-order valence-corrected chi connectivity index (χ3v) is 13.2. The van der Waals surface area contributed by atoms with Crippen LogP contribution < -0.4 is 11.1 Å². The highest BCUT2D eigenvalue weighted by Crippen LogP contribution is 2.27. The molecule has 21 nitrogen and oxygen atoms in total. The van der Waals surface area contributed by atoms with E-state index in [1.165, 1.54) is 7.11 Å². The maximum Gasteiger partial charge on any atom is 0.376 e. The Balaban J connectivity index is 0.000000229. The lowest BCUT2D eigenvalue weighted by atomic mass is 9.84. The van der Waals surface area contributed by atoms with E-state index in [4.69, 9.17) is 35.3 Å². The first-order valence-corrected chi connectivity index (χ1v) is 24.4. The van der Waals surface area contributed by atoms with E-state index < -0.39 is 54.3 Å². The Kier molecular flexibility index (Phi) is 28.7. The Hall–Kier alpha value is -1.81. The van der Waals surface area contributed by atoms with Crippen LogP contribution in [0.25, 0.3) is 10.4 Å². The van der Waals surface area contributed by atoms with Gasteiger partial charge in [-0.1, -0.05) is 5.11 Å². The fraction of sp³-hybridized carbons (Fsp3) is 0.975. The molecule has 0 aliphatic carbocycles.